The van der Waals surface area contributed by atoms with Crippen LogP contribution >= 0.6 is 0 Å². The average Bonchev–Trinajstić information content (AvgIpc) is 2.60. The van der Waals surface area contributed by atoms with Crippen LogP contribution in [0.2, 0.25) is 0 Å². The van der Waals surface area contributed by atoms with Crippen LogP contribution in [0.3, 0.4) is 0 Å². The highest BCUT2D eigenvalue weighted by Gasteiger charge is 2.11. The highest BCUT2D eigenvalue weighted by Crippen LogP contribution is 2.26. The zero-order chi connectivity index (χ0) is 11.0. The van der Waals surface area contributed by atoms with E-state index in [2.05, 4.69) is 5.10 Å². The molecule has 2 heterocycles. The van der Waals surface area contributed by atoms with Crippen molar-refractivity contribution in [3.63, 3.8) is 0 Å². The number of fused-ring (bicyclic) bond motifs is 1. The Bertz CT molecular complexity index is 549. The minimum absolute atomic E-state index is 0.107. The van der Waals surface area contributed by atoms with Crippen molar-refractivity contribution in [1.29, 1.82) is 5.26 Å². The van der Waals surface area contributed by atoms with Gasteiger partial charge >= 0.3 is 0 Å². The summed E-state index contributed by atoms with van der Waals surface area (Å²) in [6, 6.07) is 3.68. The lowest BCUT2D eigenvalue weighted by atomic mass is 10.1. The van der Waals surface area contributed by atoms with Gasteiger partial charge in [-0.1, -0.05) is 13.8 Å². The highest BCUT2D eigenvalue weighted by molar-refractivity contribution is 5.68. The Hall–Kier alpha value is -2.02. The number of hydrogen-bond acceptors (Lipinski definition) is 3. The van der Waals surface area contributed by atoms with Gasteiger partial charge < -0.3 is 5.11 Å². The molecule has 2 aromatic heterocycles. The third kappa shape index (κ3) is 1.42. The molecule has 2 rings (SSSR count). The molecule has 0 saturated carbocycles. The summed E-state index contributed by atoms with van der Waals surface area (Å²) in [5, 5.41) is 22.6. The van der Waals surface area contributed by atoms with E-state index in [-0.39, 0.29) is 5.75 Å². The molecule has 0 aromatic carbocycles. The van der Waals surface area contributed by atoms with Crippen LogP contribution in [0.15, 0.2) is 18.5 Å². The van der Waals surface area contributed by atoms with Crippen LogP contribution in [-0.2, 0) is 0 Å². The van der Waals surface area contributed by atoms with Gasteiger partial charge in [0.1, 0.15) is 22.9 Å². The molecule has 0 aliphatic carbocycles. The highest BCUT2D eigenvalue weighted by atomic mass is 16.3. The molecule has 0 atom stereocenters. The summed E-state index contributed by atoms with van der Waals surface area (Å²) in [7, 11) is 0. The smallest absolute Gasteiger partial charge is 0.143 e. The molecule has 2 aromatic rings. The maximum Gasteiger partial charge on any atom is 0.143 e. The second-order valence-electron chi connectivity index (χ2n) is 3.78. The van der Waals surface area contributed by atoms with Crippen molar-refractivity contribution in [2.45, 2.75) is 19.8 Å². The number of pyridine rings is 1. The van der Waals surface area contributed by atoms with Crippen molar-refractivity contribution in [1.82, 2.24) is 9.61 Å². The van der Waals surface area contributed by atoms with Gasteiger partial charge in [-0.25, -0.2) is 4.52 Å². The Morgan fingerprint density at radius 2 is 2.27 bits per heavy atom. The normalized spacial score (nSPS) is 10.8. The van der Waals surface area contributed by atoms with Crippen LogP contribution in [0.5, 0.6) is 5.75 Å². The van der Waals surface area contributed by atoms with Gasteiger partial charge in [0, 0.05) is 6.20 Å². The van der Waals surface area contributed by atoms with Crippen LogP contribution in [0, 0.1) is 11.3 Å². The standard InChI is InChI=1S/C11H11N3O/c1-7(2)8-3-10(15)11-9(4-12)5-13-14(11)6-8/h3,5-7,15H,1-2H3. The molecule has 0 aliphatic heterocycles. The number of aromatic nitrogens is 2. The molecule has 4 nitrogen and oxygen atoms in total. The third-order valence-electron chi connectivity index (χ3n) is 2.40. The van der Waals surface area contributed by atoms with Gasteiger partial charge in [0.25, 0.3) is 0 Å². The number of nitrogens with zero attached hydrogens (tertiary/aromatic N) is 3. The van der Waals surface area contributed by atoms with E-state index in [1.807, 2.05) is 26.1 Å². The molecule has 0 saturated heterocycles. The van der Waals surface area contributed by atoms with Crippen LogP contribution in [0.25, 0.3) is 5.52 Å². The zero-order valence-electron chi connectivity index (χ0n) is 8.60. The lowest BCUT2D eigenvalue weighted by Gasteiger charge is -2.07. The number of aromatic hydroxyl groups is 1. The van der Waals surface area contributed by atoms with Crippen LogP contribution in [0.4, 0.5) is 0 Å². The number of nitriles is 1. The third-order valence-corrected chi connectivity index (χ3v) is 2.40. The summed E-state index contributed by atoms with van der Waals surface area (Å²) >= 11 is 0. The van der Waals surface area contributed by atoms with Gasteiger partial charge in [-0.05, 0) is 17.5 Å². The average molecular weight is 201 g/mol. The van der Waals surface area contributed by atoms with Gasteiger partial charge in [-0.2, -0.15) is 10.4 Å². The predicted octanol–water partition coefficient (Wildman–Crippen LogP) is 2.03. The van der Waals surface area contributed by atoms with Gasteiger partial charge in [0.15, 0.2) is 0 Å². The minimum atomic E-state index is 0.107. The summed E-state index contributed by atoms with van der Waals surface area (Å²) < 4.78 is 1.54. The molecular formula is C11H11N3O. The molecule has 4 heteroatoms. The van der Waals surface area contributed by atoms with E-state index >= 15 is 0 Å². The van der Waals surface area contributed by atoms with Gasteiger partial charge in [-0.3, -0.25) is 0 Å². The van der Waals surface area contributed by atoms with E-state index in [4.69, 9.17) is 5.26 Å². The molecule has 0 bridgehead atoms. The maximum absolute atomic E-state index is 9.79. The largest absolute Gasteiger partial charge is 0.506 e. The molecule has 0 unspecified atom stereocenters. The molecule has 0 fully saturated rings. The lowest BCUT2D eigenvalue weighted by molar-refractivity contribution is 0.476. The molecule has 76 valence electrons. The molecular weight excluding hydrogens is 190 g/mol. The molecule has 0 radical (unpaired) electrons. The predicted molar refractivity (Wildman–Crippen MR) is 55.7 cm³/mol. The van der Waals surface area contributed by atoms with Crippen molar-refractivity contribution in [3.8, 4) is 11.8 Å². The molecule has 0 aliphatic rings. The second kappa shape index (κ2) is 3.28. The first-order valence-electron chi connectivity index (χ1n) is 4.74. The van der Waals surface area contributed by atoms with E-state index in [1.165, 1.54) is 6.20 Å². The van der Waals surface area contributed by atoms with E-state index in [9.17, 15) is 5.11 Å². The minimum Gasteiger partial charge on any atom is -0.506 e. The van der Waals surface area contributed by atoms with E-state index in [0.717, 1.165) is 5.56 Å². The summed E-state index contributed by atoms with van der Waals surface area (Å²) in [5.74, 6) is 0.422. The van der Waals surface area contributed by atoms with Gasteiger partial charge in [-0.15, -0.1) is 0 Å². The lowest BCUT2D eigenvalue weighted by Crippen LogP contribution is -1.94. The Kier molecular flexibility index (Phi) is 2.09. The van der Waals surface area contributed by atoms with Crippen LogP contribution in [-0.4, -0.2) is 14.7 Å². The first kappa shape index (κ1) is 9.53. The Labute approximate surface area is 87.4 Å². The first-order valence-corrected chi connectivity index (χ1v) is 4.74. The Morgan fingerprint density at radius 1 is 1.53 bits per heavy atom. The Morgan fingerprint density at radius 3 is 2.87 bits per heavy atom. The second-order valence-corrected chi connectivity index (χ2v) is 3.78. The molecule has 0 amide bonds. The van der Waals surface area contributed by atoms with Crippen molar-refractivity contribution in [3.05, 3.63) is 29.6 Å². The fourth-order valence-electron chi connectivity index (χ4n) is 1.52. The first-order chi connectivity index (χ1) is 7.13. The quantitative estimate of drug-likeness (QED) is 0.767. The summed E-state index contributed by atoms with van der Waals surface area (Å²) in [6.07, 6.45) is 3.29. The molecule has 0 spiro atoms. The maximum atomic E-state index is 9.79. The fraction of sp³-hybridized carbons (Fsp3) is 0.273. The molecule has 15 heavy (non-hydrogen) atoms. The van der Waals surface area contributed by atoms with Gasteiger partial charge in [0.05, 0.1) is 6.20 Å². The number of hydrogen-bond donors (Lipinski definition) is 1. The Balaban J connectivity index is 2.76. The monoisotopic (exact) mass is 201 g/mol. The van der Waals surface area contributed by atoms with Crippen LogP contribution < -0.4 is 0 Å². The van der Waals surface area contributed by atoms with Crippen molar-refractivity contribution in [2.24, 2.45) is 0 Å². The van der Waals surface area contributed by atoms with Gasteiger partial charge in [0.2, 0.25) is 0 Å². The van der Waals surface area contributed by atoms with Crippen molar-refractivity contribution < 1.29 is 5.11 Å². The zero-order valence-corrected chi connectivity index (χ0v) is 8.60. The van der Waals surface area contributed by atoms with E-state index < -0.39 is 0 Å². The van der Waals surface area contributed by atoms with Crippen LogP contribution in [0.1, 0.15) is 30.9 Å². The summed E-state index contributed by atoms with van der Waals surface area (Å²) in [5.41, 5.74) is 1.86. The van der Waals surface area contributed by atoms with E-state index in [0.29, 0.717) is 17.0 Å². The fourth-order valence-corrected chi connectivity index (χ4v) is 1.52. The number of rotatable bonds is 1. The SMILES string of the molecule is CC(C)c1cc(O)c2c(C#N)cnn2c1. The summed E-state index contributed by atoms with van der Waals surface area (Å²) in [6.45, 7) is 4.07. The molecule has 1 N–H and O–H groups in total. The topological polar surface area (TPSA) is 61.3 Å². The van der Waals surface area contributed by atoms with Crippen molar-refractivity contribution >= 4 is 5.52 Å². The van der Waals surface area contributed by atoms with E-state index in [1.54, 1.807) is 10.6 Å². The van der Waals surface area contributed by atoms with Crippen molar-refractivity contribution in [2.75, 3.05) is 0 Å². The summed E-state index contributed by atoms with van der Waals surface area (Å²) in [4.78, 5) is 0.